The standard InChI is InChI=1S/C15H15N3O/c1-11-3-2-4-12(7-11)13-8-16-15(17-9-13)18-6-5-14(19)10-18/h2-4,7-9H,5-6,10H2,1H3. The molecule has 0 aliphatic carbocycles. The molecule has 19 heavy (non-hydrogen) atoms. The van der Waals surface area contributed by atoms with Crippen LogP contribution in [-0.2, 0) is 4.79 Å². The second-order valence-electron chi connectivity index (χ2n) is 4.85. The van der Waals surface area contributed by atoms with E-state index in [1.54, 1.807) is 0 Å². The lowest BCUT2D eigenvalue weighted by Gasteiger charge is -2.13. The van der Waals surface area contributed by atoms with Crippen LogP contribution in [0.5, 0.6) is 0 Å². The lowest BCUT2D eigenvalue weighted by Crippen LogP contribution is -2.21. The van der Waals surface area contributed by atoms with E-state index in [0.717, 1.165) is 17.7 Å². The van der Waals surface area contributed by atoms with Crippen molar-refractivity contribution >= 4 is 11.7 Å². The lowest BCUT2D eigenvalue weighted by atomic mass is 10.1. The summed E-state index contributed by atoms with van der Waals surface area (Å²) in [5, 5.41) is 0. The Hall–Kier alpha value is -2.23. The van der Waals surface area contributed by atoms with E-state index in [9.17, 15) is 4.79 Å². The van der Waals surface area contributed by atoms with Crippen LogP contribution in [0.4, 0.5) is 5.95 Å². The number of hydrogen-bond acceptors (Lipinski definition) is 4. The van der Waals surface area contributed by atoms with Crippen molar-refractivity contribution in [2.75, 3.05) is 18.0 Å². The van der Waals surface area contributed by atoms with Crippen LogP contribution in [0.3, 0.4) is 0 Å². The summed E-state index contributed by atoms with van der Waals surface area (Å²) in [5.74, 6) is 0.897. The molecular weight excluding hydrogens is 238 g/mol. The molecule has 2 aromatic rings. The second-order valence-corrected chi connectivity index (χ2v) is 4.85. The molecule has 1 aromatic heterocycles. The molecule has 2 heterocycles. The Morgan fingerprint density at radius 3 is 2.58 bits per heavy atom. The van der Waals surface area contributed by atoms with Gasteiger partial charge in [0.05, 0.1) is 6.54 Å². The van der Waals surface area contributed by atoms with E-state index in [4.69, 9.17) is 0 Å². The van der Waals surface area contributed by atoms with Gasteiger partial charge in [-0.2, -0.15) is 0 Å². The van der Waals surface area contributed by atoms with Crippen LogP contribution in [0, 0.1) is 6.92 Å². The van der Waals surface area contributed by atoms with Crippen molar-refractivity contribution in [3.63, 3.8) is 0 Å². The Morgan fingerprint density at radius 1 is 1.16 bits per heavy atom. The van der Waals surface area contributed by atoms with Crippen LogP contribution in [0.25, 0.3) is 11.1 Å². The summed E-state index contributed by atoms with van der Waals surface area (Å²) >= 11 is 0. The van der Waals surface area contributed by atoms with Crippen molar-refractivity contribution in [1.82, 2.24) is 9.97 Å². The molecule has 4 heteroatoms. The highest BCUT2D eigenvalue weighted by molar-refractivity contribution is 5.86. The number of hydrogen-bond donors (Lipinski definition) is 0. The van der Waals surface area contributed by atoms with Crippen molar-refractivity contribution in [2.24, 2.45) is 0 Å². The lowest BCUT2D eigenvalue weighted by molar-refractivity contribution is -0.116. The molecule has 1 aliphatic heterocycles. The zero-order chi connectivity index (χ0) is 13.2. The first-order valence-corrected chi connectivity index (χ1v) is 6.38. The highest BCUT2D eigenvalue weighted by Crippen LogP contribution is 2.20. The average Bonchev–Trinajstić information content (AvgIpc) is 2.86. The molecule has 1 saturated heterocycles. The summed E-state index contributed by atoms with van der Waals surface area (Å²) < 4.78 is 0. The molecule has 1 aliphatic rings. The maximum atomic E-state index is 11.3. The Balaban J connectivity index is 1.85. The number of benzene rings is 1. The summed E-state index contributed by atoms with van der Waals surface area (Å²) in [6.07, 6.45) is 4.24. The van der Waals surface area contributed by atoms with Crippen LogP contribution in [0.1, 0.15) is 12.0 Å². The van der Waals surface area contributed by atoms with Gasteiger partial charge in [-0.25, -0.2) is 9.97 Å². The van der Waals surface area contributed by atoms with E-state index in [-0.39, 0.29) is 5.78 Å². The first-order chi connectivity index (χ1) is 9.22. The number of carbonyl (C=O) groups is 1. The summed E-state index contributed by atoms with van der Waals surface area (Å²) in [7, 11) is 0. The minimum Gasteiger partial charge on any atom is -0.333 e. The van der Waals surface area contributed by atoms with Gasteiger partial charge in [-0.15, -0.1) is 0 Å². The first kappa shape index (κ1) is 11.8. The molecule has 0 spiro atoms. The second kappa shape index (κ2) is 4.80. The Labute approximate surface area is 112 Å². The van der Waals surface area contributed by atoms with Crippen molar-refractivity contribution < 1.29 is 4.79 Å². The van der Waals surface area contributed by atoms with Gasteiger partial charge < -0.3 is 4.90 Å². The average molecular weight is 253 g/mol. The van der Waals surface area contributed by atoms with E-state index in [2.05, 4.69) is 29.0 Å². The molecule has 0 amide bonds. The summed E-state index contributed by atoms with van der Waals surface area (Å²) in [6.45, 7) is 3.22. The van der Waals surface area contributed by atoms with Crippen molar-refractivity contribution in [1.29, 1.82) is 0 Å². The van der Waals surface area contributed by atoms with Crippen LogP contribution < -0.4 is 4.90 Å². The largest absolute Gasteiger partial charge is 0.333 e. The van der Waals surface area contributed by atoms with Crippen LogP contribution in [-0.4, -0.2) is 28.8 Å². The number of Topliss-reactive ketones (excluding diaryl/α,β-unsaturated/α-hetero) is 1. The monoisotopic (exact) mass is 253 g/mol. The molecule has 96 valence electrons. The van der Waals surface area contributed by atoms with Gasteiger partial charge in [-0.3, -0.25) is 4.79 Å². The minimum absolute atomic E-state index is 0.256. The van der Waals surface area contributed by atoms with Gasteiger partial charge in [0.25, 0.3) is 0 Å². The Morgan fingerprint density at radius 2 is 1.95 bits per heavy atom. The maximum absolute atomic E-state index is 11.3. The van der Waals surface area contributed by atoms with E-state index >= 15 is 0 Å². The van der Waals surface area contributed by atoms with Gasteiger partial charge in [0, 0.05) is 30.9 Å². The van der Waals surface area contributed by atoms with Crippen LogP contribution in [0.2, 0.25) is 0 Å². The highest BCUT2D eigenvalue weighted by atomic mass is 16.1. The quantitative estimate of drug-likeness (QED) is 0.823. The highest BCUT2D eigenvalue weighted by Gasteiger charge is 2.21. The fourth-order valence-electron chi connectivity index (χ4n) is 2.26. The molecule has 1 aromatic carbocycles. The summed E-state index contributed by atoms with van der Waals surface area (Å²) in [5.41, 5.74) is 3.33. The number of ketones is 1. The molecule has 1 fully saturated rings. The molecule has 4 nitrogen and oxygen atoms in total. The molecule has 0 radical (unpaired) electrons. The zero-order valence-electron chi connectivity index (χ0n) is 10.8. The van der Waals surface area contributed by atoms with Gasteiger partial charge in [-0.05, 0) is 12.5 Å². The van der Waals surface area contributed by atoms with Gasteiger partial charge in [0.2, 0.25) is 5.95 Å². The van der Waals surface area contributed by atoms with Gasteiger partial charge >= 0.3 is 0 Å². The molecule has 0 N–H and O–H groups in total. The van der Waals surface area contributed by atoms with Crippen molar-refractivity contribution in [3.8, 4) is 11.1 Å². The van der Waals surface area contributed by atoms with Crippen LogP contribution >= 0.6 is 0 Å². The zero-order valence-corrected chi connectivity index (χ0v) is 10.8. The maximum Gasteiger partial charge on any atom is 0.225 e. The van der Waals surface area contributed by atoms with E-state index in [0.29, 0.717) is 18.9 Å². The molecule has 3 rings (SSSR count). The fraction of sp³-hybridized carbons (Fsp3) is 0.267. The smallest absolute Gasteiger partial charge is 0.225 e. The molecule has 0 atom stereocenters. The molecule has 0 saturated carbocycles. The number of rotatable bonds is 2. The van der Waals surface area contributed by atoms with Gasteiger partial charge in [-0.1, -0.05) is 29.8 Å². The molecule has 0 bridgehead atoms. The summed E-state index contributed by atoms with van der Waals surface area (Å²) in [4.78, 5) is 21.9. The molecular formula is C15H15N3O. The number of nitrogens with zero attached hydrogens (tertiary/aromatic N) is 3. The normalized spacial score (nSPS) is 15.0. The molecule has 0 unspecified atom stereocenters. The third-order valence-corrected chi connectivity index (χ3v) is 3.30. The Bertz CT molecular complexity index is 607. The van der Waals surface area contributed by atoms with Crippen molar-refractivity contribution in [3.05, 3.63) is 42.2 Å². The van der Waals surface area contributed by atoms with E-state index in [1.165, 1.54) is 5.56 Å². The van der Waals surface area contributed by atoms with Gasteiger partial charge in [0.15, 0.2) is 5.78 Å². The summed E-state index contributed by atoms with van der Waals surface area (Å²) in [6, 6.07) is 8.24. The third kappa shape index (κ3) is 2.47. The SMILES string of the molecule is Cc1cccc(-c2cnc(N3CCC(=O)C3)nc2)c1. The predicted molar refractivity (Wildman–Crippen MR) is 74.0 cm³/mol. The van der Waals surface area contributed by atoms with E-state index in [1.807, 2.05) is 29.4 Å². The fourth-order valence-corrected chi connectivity index (χ4v) is 2.26. The topological polar surface area (TPSA) is 46.1 Å². The predicted octanol–water partition coefficient (Wildman–Crippen LogP) is 2.23. The Kier molecular flexibility index (Phi) is 2.99. The number of anilines is 1. The minimum atomic E-state index is 0.256. The number of aromatic nitrogens is 2. The number of aryl methyl sites for hydroxylation is 1. The van der Waals surface area contributed by atoms with Gasteiger partial charge in [0.1, 0.15) is 0 Å². The third-order valence-electron chi connectivity index (χ3n) is 3.30. The number of carbonyl (C=O) groups excluding carboxylic acids is 1. The first-order valence-electron chi connectivity index (χ1n) is 6.38. The van der Waals surface area contributed by atoms with E-state index < -0.39 is 0 Å². The van der Waals surface area contributed by atoms with Crippen LogP contribution in [0.15, 0.2) is 36.7 Å². The van der Waals surface area contributed by atoms with Crippen molar-refractivity contribution in [2.45, 2.75) is 13.3 Å².